The molecule has 0 unspecified atom stereocenters. The van der Waals surface area contributed by atoms with Crippen LogP contribution in [0.15, 0.2) is 65.8 Å². The molecule has 0 atom stereocenters. The molecule has 0 fully saturated rings. The second-order valence-electron chi connectivity index (χ2n) is 5.70. The first-order chi connectivity index (χ1) is 13.0. The summed E-state index contributed by atoms with van der Waals surface area (Å²) in [6.45, 7) is 2.53. The Bertz CT molecular complexity index is 1000. The quantitative estimate of drug-likeness (QED) is 0.643. The van der Waals surface area contributed by atoms with Gasteiger partial charge in [-0.15, -0.1) is 0 Å². The summed E-state index contributed by atoms with van der Waals surface area (Å²) in [4.78, 5) is 0.101. The van der Waals surface area contributed by atoms with E-state index in [0.717, 1.165) is 11.3 Å². The summed E-state index contributed by atoms with van der Waals surface area (Å²) in [7, 11) is -2.15. The van der Waals surface area contributed by atoms with Gasteiger partial charge in [0.15, 0.2) is 11.5 Å². The van der Waals surface area contributed by atoms with Crippen LogP contribution in [0.5, 0.6) is 11.5 Å². The van der Waals surface area contributed by atoms with E-state index in [1.807, 2.05) is 37.3 Å². The highest BCUT2D eigenvalue weighted by atomic mass is 32.2. The van der Waals surface area contributed by atoms with E-state index in [2.05, 4.69) is 9.82 Å². The topological polar surface area (TPSA) is 82.5 Å². The van der Waals surface area contributed by atoms with Crippen molar-refractivity contribution in [2.75, 3.05) is 13.7 Å². The Labute approximate surface area is 158 Å². The molecule has 3 aromatic rings. The van der Waals surface area contributed by atoms with Crippen LogP contribution in [-0.4, -0.2) is 31.9 Å². The monoisotopic (exact) mass is 387 g/mol. The van der Waals surface area contributed by atoms with E-state index in [0.29, 0.717) is 18.1 Å². The van der Waals surface area contributed by atoms with E-state index < -0.39 is 10.0 Å². The fourth-order valence-corrected chi connectivity index (χ4v) is 3.47. The van der Waals surface area contributed by atoms with Gasteiger partial charge >= 0.3 is 0 Å². The van der Waals surface area contributed by atoms with E-state index in [1.54, 1.807) is 25.3 Å². The second-order valence-corrected chi connectivity index (χ2v) is 7.47. The minimum Gasteiger partial charge on any atom is -0.493 e. The summed E-state index contributed by atoms with van der Waals surface area (Å²) in [5.74, 6) is 1.18. The third kappa shape index (κ3) is 4.47. The van der Waals surface area contributed by atoms with E-state index in [9.17, 15) is 8.42 Å². The molecular weight excluding hydrogens is 366 g/mol. The maximum Gasteiger partial charge on any atom is 0.244 e. The number of nitrogens with one attached hydrogen (secondary N) is 1. The Morgan fingerprint density at radius 2 is 1.89 bits per heavy atom. The van der Waals surface area contributed by atoms with Gasteiger partial charge in [-0.25, -0.2) is 17.8 Å². The average Bonchev–Trinajstić information content (AvgIpc) is 3.19. The summed E-state index contributed by atoms with van der Waals surface area (Å²) in [5, 5.41) is 4.13. The van der Waals surface area contributed by atoms with Crippen LogP contribution in [0, 0.1) is 0 Å². The van der Waals surface area contributed by atoms with Gasteiger partial charge in [0.25, 0.3) is 0 Å². The van der Waals surface area contributed by atoms with Crippen molar-refractivity contribution in [2.24, 2.45) is 0 Å². The molecule has 0 aliphatic rings. The molecule has 1 N–H and O–H groups in total. The second kappa shape index (κ2) is 8.24. The zero-order chi connectivity index (χ0) is 19.3. The standard InChI is InChI=1S/C19H21N3O4S/c1-3-26-18-10-9-15(11-19(18)25-2)12-21-27(23,24)17-13-20-22(14-17)16-7-5-4-6-8-16/h4-11,13-14,21H,3,12H2,1-2H3. The van der Waals surface area contributed by atoms with E-state index in [4.69, 9.17) is 9.47 Å². The molecule has 27 heavy (non-hydrogen) atoms. The molecule has 8 heteroatoms. The first kappa shape index (κ1) is 18.9. The van der Waals surface area contributed by atoms with E-state index in [-0.39, 0.29) is 11.4 Å². The van der Waals surface area contributed by atoms with Gasteiger partial charge in [-0.2, -0.15) is 5.10 Å². The lowest BCUT2D eigenvalue weighted by atomic mass is 10.2. The zero-order valence-corrected chi connectivity index (χ0v) is 15.9. The Balaban J connectivity index is 1.73. The SMILES string of the molecule is CCOc1ccc(CNS(=O)(=O)c2cnn(-c3ccccc3)c2)cc1OC. The van der Waals surface area contributed by atoms with Crippen LogP contribution in [-0.2, 0) is 16.6 Å². The first-order valence-corrected chi connectivity index (χ1v) is 9.91. The van der Waals surface area contributed by atoms with Gasteiger partial charge in [0, 0.05) is 6.54 Å². The van der Waals surface area contributed by atoms with Crippen molar-refractivity contribution in [2.45, 2.75) is 18.4 Å². The Morgan fingerprint density at radius 1 is 1.11 bits per heavy atom. The predicted octanol–water partition coefficient (Wildman–Crippen LogP) is 2.76. The van der Waals surface area contributed by atoms with Gasteiger partial charge in [0.2, 0.25) is 10.0 Å². The minimum atomic E-state index is -3.69. The third-order valence-electron chi connectivity index (χ3n) is 3.88. The number of hydrogen-bond donors (Lipinski definition) is 1. The molecule has 7 nitrogen and oxygen atoms in total. The van der Waals surface area contributed by atoms with Crippen molar-refractivity contribution in [1.82, 2.24) is 14.5 Å². The van der Waals surface area contributed by atoms with Crippen molar-refractivity contribution in [3.05, 3.63) is 66.5 Å². The first-order valence-electron chi connectivity index (χ1n) is 8.43. The molecule has 0 radical (unpaired) electrons. The number of para-hydroxylation sites is 1. The molecular formula is C19H21N3O4S. The fraction of sp³-hybridized carbons (Fsp3) is 0.211. The third-order valence-corrected chi connectivity index (χ3v) is 5.24. The van der Waals surface area contributed by atoms with Crippen LogP contribution in [0.4, 0.5) is 0 Å². The van der Waals surface area contributed by atoms with Gasteiger partial charge < -0.3 is 9.47 Å². The zero-order valence-electron chi connectivity index (χ0n) is 15.1. The number of benzene rings is 2. The number of methoxy groups -OCH3 is 1. The largest absolute Gasteiger partial charge is 0.493 e. The highest BCUT2D eigenvalue weighted by Crippen LogP contribution is 2.28. The summed E-state index contributed by atoms with van der Waals surface area (Å²) in [5.41, 5.74) is 1.55. The van der Waals surface area contributed by atoms with Crippen LogP contribution >= 0.6 is 0 Å². The Kier molecular flexibility index (Phi) is 5.78. The maximum absolute atomic E-state index is 12.6. The van der Waals surface area contributed by atoms with Crippen LogP contribution in [0.1, 0.15) is 12.5 Å². The molecule has 0 bridgehead atoms. The smallest absolute Gasteiger partial charge is 0.244 e. The lowest BCUT2D eigenvalue weighted by Crippen LogP contribution is -2.22. The van der Waals surface area contributed by atoms with Crippen LogP contribution in [0.25, 0.3) is 5.69 Å². The molecule has 0 aliphatic carbocycles. The van der Waals surface area contributed by atoms with Gasteiger partial charge in [-0.3, -0.25) is 0 Å². The number of rotatable bonds is 8. The average molecular weight is 387 g/mol. The fourth-order valence-electron chi connectivity index (χ4n) is 2.53. The molecule has 0 aliphatic heterocycles. The number of aromatic nitrogens is 2. The summed E-state index contributed by atoms with van der Waals surface area (Å²) in [6, 6.07) is 14.6. The summed E-state index contributed by atoms with van der Waals surface area (Å²) < 4.78 is 40.0. The van der Waals surface area contributed by atoms with Crippen molar-refractivity contribution in [3.63, 3.8) is 0 Å². The van der Waals surface area contributed by atoms with Crippen molar-refractivity contribution >= 4 is 10.0 Å². The molecule has 1 aromatic heterocycles. The van der Waals surface area contributed by atoms with E-state index >= 15 is 0 Å². The molecule has 3 rings (SSSR count). The molecule has 2 aromatic carbocycles. The highest BCUT2D eigenvalue weighted by molar-refractivity contribution is 7.89. The molecule has 0 saturated heterocycles. The number of nitrogens with zero attached hydrogens (tertiary/aromatic N) is 2. The number of hydrogen-bond acceptors (Lipinski definition) is 5. The molecule has 142 valence electrons. The van der Waals surface area contributed by atoms with Gasteiger partial charge in [0.1, 0.15) is 4.90 Å². The summed E-state index contributed by atoms with van der Waals surface area (Å²) >= 11 is 0. The Hall–Kier alpha value is -2.84. The van der Waals surface area contributed by atoms with Gasteiger partial charge in [-0.05, 0) is 36.8 Å². The number of ether oxygens (including phenoxy) is 2. The molecule has 0 spiro atoms. The number of sulfonamides is 1. The summed E-state index contributed by atoms with van der Waals surface area (Å²) in [6.07, 6.45) is 2.81. The van der Waals surface area contributed by atoms with Crippen LogP contribution in [0.3, 0.4) is 0 Å². The molecule has 1 heterocycles. The van der Waals surface area contributed by atoms with Crippen molar-refractivity contribution in [1.29, 1.82) is 0 Å². The maximum atomic E-state index is 12.6. The predicted molar refractivity (Wildman–Crippen MR) is 102 cm³/mol. The van der Waals surface area contributed by atoms with Crippen molar-refractivity contribution in [3.8, 4) is 17.2 Å². The molecule has 0 saturated carbocycles. The minimum absolute atomic E-state index is 0.101. The van der Waals surface area contributed by atoms with Crippen LogP contribution in [0.2, 0.25) is 0 Å². The molecule has 0 amide bonds. The van der Waals surface area contributed by atoms with Gasteiger partial charge in [0.05, 0.1) is 31.8 Å². The van der Waals surface area contributed by atoms with E-state index in [1.165, 1.54) is 17.1 Å². The normalized spacial score (nSPS) is 11.3. The Morgan fingerprint density at radius 3 is 2.59 bits per heavy atom. The highest BCUT2D eigenvalue weighted by Gasteiger charge is 2.17. The van der Waals surface area contributed by atoms with Crippen LogP contribution < -0.4 is 14.2 Å². The lowest BCUT2D eigenvalue weighted by molar-refractivity contribution is 0.310. The van der Waals surface area contributed by atoms with Crippen molar-refractivity contribution < 1.29 is 17.9 Å². The van der Waals surface area contributed by atoms with Gasteiger partial charge in [-0.1, -0.05) is 24.3 Å². The lowest BCUT2D eigenvalue weighted by Gasteiger charge is -2.11.